The van der Waals surface area contributed by atoms with E-state index in [4.69, 9.17) is 9.47 Å². The smallest absolute Gasteiger partial charge is 0.410 e. The summed E-state index contributed by atoms with van der Waals surface area (Å²) < 4.78 is 11.0. The number of anilines is 1. The Balaban J connectivity index is 0.000000276. The van der Waals surface area contributed by atoms with Gasteiger partial charge in [-0.25, -0.2) is 19.6 Å². The van der Waals surface area contributed by atoms with Crippen molar-refractivity contribution in [1.82, 2.24) is 24.8 Å². The summed E-state index contributed by atoms with van der Waals surface area (Å²) >= 11 is 0. The summed E-state index contributed by atoms with van der Waals surface area (Å²) in [5.41, 5.74) is 3.51. The number of carbonyl (C=O) groups is 2. The summed E-state index contributed by atoms with van der Waals surface area (Å²) in [6.07, 6.45) is 7.07. The first-order chi connectivity index (χ1) is 23.1. The maximum atomic E-state index is 12.6. The number of benzene rings is 2. The van der Waals surface area contributed by atoms with Gasteiger partial charge in [0.25, 0.3) is 0 Å². The minimum atomic E-state index is -0.498. The standard InChI is InChI=1S/C23H27N3O2.C16H25N3O2.2H2S/c1-15-7-8-17-13-18(10-9-16(17)12-15)19-14-24-21(25-19)20-6-5-11-26(20)22(27)28-23(2,3)4;1-12-7-8-14(17-10-12)18-11-13-6-5-9-19(13)15(20)21-16(2,3)4;;/h7-10,12-14,20H,5-6,11H2,1-4H3,(H,24,25);7-8,10,13H,5-6,9,11H2,1-4H3,(H,17,18);2*1H2/t20-;13-;;/m00../s1. The lowest BCUT2D eigenvalue weighted by Gasteiger charge is -2.28. The third-order valence-electron chi connectivity index (χ3n) is 8.53. The van der Waals surface area contributed by atoms with Crippen LogP contribution < -0.4 is 5.32 Å². The minimum absolute atomic E-state index is 0. The third kappa shape index (κ3) is 11.6. The van der Waals surface area contributed by atoms with Crippen LogP contribution in [0.25, 0.3) is 22.0 Å². The van der Waals surface area contributed by atoms with Crippen molar-refractivity contribution >= 4 is 55.8 Å². The molecule has 2 aromatic carbocycles. The zero-order valence-corrected chi connectivity index (χ0v) is 33.3. The predicted octanol–water partition coefficient (Wildman–Crippen LogP) is 9.04. The molecular formula is C39H56N6O4S2. The van der Waals surface area contributed by atoms with Crippen LogP contribution >= 0.6 is 27.0 Å². The Morgan fingerprint density at radius 2 is 1.39 bits per heavy atom. The third-order valence-corrected chi connectivity index (χ3v) is 8.53. The molecule has 2 aliphatic heterocycles. The minimum Gasteiger partial charge on any atom is -0.444 e. The van der Waals surface area contributed by atoms with Crippen LogP contribution in [0.1, 0.15) is 90.2 Å². The number of aromatic nitrogens is 3. The van der Waals surface area contributed by atoms with Crippen molar-refractivity contribution in [2.75, 3.05) is 25.0 Å². The van der Waals surface area contributed by atoms with Gasteiger partial charge in [0.2, 0.25) is 0 Å². The van der Waals surface area contributed by atoms with Crippen molar-refractivity contribution in [2.24, 2.45) is 0 Å². The van der Waals surface area contributed by atoms with Crippen LogP contribution in [0.4, 0.5) is 15.4 Å². The number of pyridine rings is 1. The van der Waals surface area contributed by atoms with E-state index >= 15 is 0 Å². The lowest BCUT2D eigenvalue weighted by atomic mass is 10.0. The summed E-state index contributed by atoms with van der Waals surface area (Å²) in [4.78, 5) is 40.7. The lowest BCUT2D eigenvalue weighted by molar-refractivity contribution is 0.0213. The highest BCUT2D eigenvalue weighted by Gasteiger charge is 2.35. The highest BCUT2D eigenvalue weighted by atomic mass is 32.1. The highest BCUT2D eigenvalue weighted by molar-refractivity contribution is 7.59. The molecule has 0 spiro atoms. The van der Waals surface area contributed by atoms with Gasteiger partial charge >= 0.3 is 12.2 Å². The first kappa shape index (κ1) is 41.5. The molecule has 2 amide bonds. The maximum Gasteiger partial charge on any atom is 0.410 e. The summed E-state index contributed by atoms with van der Waals surface area (Å²) in [5, 5.41) is 5.74. The number of rotatable bonds is 5. The molecule has 2 aromatic heterocycles. The summed E-state index contributed by atoms with van der Waals surface area (Å²) in [5.74, 6) is 1.67. The maximum absolute atomic E-state index is 12.6. The zero-order valence-electron chi connectivity index (χ0n) is 31.3. The van der Waals surface area contributed by atoms with Crippen molar-refractivity contribution in [3.8, 4) is 11.3 Å². The first-order valence-electron chi connectivity index (χ1n) is 17.4. The van der Waals surface area contributed by atoms with E-state index < -0.39 is 11.2 Å². The lowest BCUT2D eigenvalue weighted by Crippen LogP contribution is -2.42. The number of likely N-dealkylation sites (tertiary alicyclic amines) is 2. The van der Waals surface area contributed by atoms with Gasteiger partial charge in [0.15, 0.2) is 0 Å². The Kier molecular flexibility index (Phi) is 14.3. The molecule has 12 heteroatoms. The number of imidazole rings is 1. The molecule has 0 radical (unpaired) electrons. The predicted molar refractivity (Wildman–Crippen MR) is 215 cm³/mol. The van der Waals surface area contributed by atoms with Crippen molar-refractivity contribution in [3.63, 3.8) is 0 Å². The van der Waals surface area contributed by atoms with Crippen LogP contribution in [0.2, 0.25) is 0 Å². The van der Waals surface area contributed by atoms with Gasteiger partial charge in [-0.2, -0.15) is 27.0 Å². The average Bonchev–Trinajstić information content (AvgIpc) is 3.80. The van der Waals surface area contributed by atoms with E-state index in [2.05, 4.69) is 63.6 Å². The Hall–Kier alpha value is -3.90. The molecule has 2 aliphatic rings. The second-order valence-electron chi connectivity index (χ2n) is 15.2. The number of ether oxygens (including phenoxy) is 2. The number of nitrogens with one attached hydrogen (secondary N) is 2. The number of amides is 2. The normalized spacial score (nSPS) is 17.2. The van der Waals surface area contributed by atoms with Gasteiger partial charge in [-0.05, 0) is 110 Å². The zero-order chi connectivity index (χ0) is 35.3. The van der Waals surface area contributed by atoms with Crippen molar-refractivity contribution in [2.45, 2.75) is 104 Å². The number of H-pyrrole nitrogens is 1. The van der Waals surface area contributed by atoms with Crippen LogP contribution in [-0.2, 0) is 9.47 Å². The van der Waals surface area contributed by atoms with Gasteiger partial charge in [0, 0.05) is 31.4 Å². The molecule has 2 N–H and O–H groups in total. The van der Waals surface area contributed by atoms with Crippen molar-refractivity contribution < 1.29 is 19.1 Å². The summed E-state index contributed by atoms with van der Waals surface area (Å²) in [6, 6.07) is 17.0. The number of aryl methyl sites for hydroxylation is 2. The van der Waals surface area contributed by atoms with E-state index in [1.54, 1.807) is 4.90 Å². The molecule has 278 valence electrons. The van der Waals surface area contributed by atoms with E-state index in [0.29, 0.717) is 13.1 Å². The van der Waals surface area contributed by atoms with E-state index in [-0.39, 0.29) is 51.3 Å². The van der Waals surface area contributed by atoms with Crippen molar-refractivity contribution in [3.05, 3.63) is 77.9 Å². The van der Waals surface area contributed by atoms with E-state index in [9.17, 15) is 9.59 Å². The largest absolute Gasteiger partial charge is 0.444 e. The number of carbonyl (C=O) groups excluding carboxylic acids is 2. The second kappa shape index (κ2) is 17.5. The molecule has 4 heterocycles. The number of hydrogen-bond acceptors (Lipinski definition) is 7. The van der Waals surface area contributed by atoms with E-state index in [0.717, 1.165) is 60.7 Å². The Bertz CT molecular complexity index is 1750. The number of fused-ring (bicyclic) bond motifs is 1. The highest BCUT2D eigenvalue weighted by Crippen LogP contribution is 2.33. The molecule has 2 fully saturated rings. The molecule has 10 nitrogen and oxygen atoms in total. The molecular weight excluding hydrogens is 681 g/mol. The molecule has 2 saturated heterocycles. The van der Waals surface area contributed by atoms with E-state index in [1.165, 1.54) is 16.3 Å². The fourth-order valence-electron chi connectivity index (χ4n) is 6.18. The fraction of sp³-hybridized carbons (Fsp3) is 0.487. The number of nitrogens with zero attached hydrogens (tertiary/aromatic N) is 4. The van der Waals surface area contributed by atoms with Crippen LogP contribution in [-0.4, -0.2) is 73.8 Å². The SMILES string of the molecule is Cc1ccc(NC[C@@H]2CCCN2C(=O)OC(C)(C)C)nc1.Cc1ccc2cc(-c3cnc([C@@H]4CCCN4C(=O)OC(C)(C)C)[nH]3)ccc2c1.S.S. The quantitative estimate of drug-likeness (QED) is 0.210. The molecule has 2 atom stereocenters. The average molecular weight is 737 g/mol. The van der Waals surface area contributed by atoms with Gasteiger partial charge in [0.05, 0.1) is 24.0 Å². The molecule has 4 aromatic rings. The topological polar surface area (TPSA) is 113 Å². The molecule has 51 heavy (non-hydrogen) atoms. The first-order valence-corrected chi connectivity index (χ1v) is 17.4. The van der Waals surface area contributed by atoms with Crippen LogP contribution in [0.15, 0.2) is 60.9 Å². The van der Waals surface area contributed by atoms with Crippen LogP contribution in [0, 0.1) is 13.8 Å². The molecule has 0 saturated carbocycles. The second-order valence-corrected chi connectivity index (χ2v) is 15.2. The van der Waals surface area contributed by atoms with Crippen molar-refractivity contribution in [1.29, 1.82) is 0 Å². The van der Waals surface area contributed by atoms with Gasteiger partial charge in [-0.1, -0.05) is 42.0 Å². The van der Waals surface area contributed by atoms with E-state index in [1.807, 2.05) is 77.9 Å². The Labute approximate surface area is 317 Å². The molecule has 6 rings (SSSR count). The monoisotopic (exact) mass is 736 g/mol. The van der Waals surface area contributed by atoms with Crippen LogP contribution in [0.5, 0.6) is 0 Å². The summed E-state index contributed by atoms with van der Waals surface area (Å²) in [7, 11) is 0. The Morgan fingerprint density at radius 3 is 2.06 bits per heavy atom. The van der Waals surface area contributed by atoms with Gasteiger partial charge in [0.1, 0.15) is 22.8 Å². The van der Waals surface area contributed by atoms with Gasteiger partial charge in [-0.15, -0.1) is 0 Å². The number of aromatic amines is 1. The van der Waals surface area contributed by atoms with Crippen LogP contribution in [0.3, 0.4) is 0 Å². The number of hydrogen-bond donors (Lipinski definition) is 2. The summed E-state index contributed by atoms with van der Waals surface area (Å²) in [6.45, 7) is 17.6. The Morgan fingerprint density at radius 1 is 0.784 bits per heavy atom. The van der Waals surface area contributed by atoms with Gasteiger partial charge < -0.3 is 24.7 Å². The molecule has 0 unspecified atom stereocenters. The fourth-order valence-corrected chi connectivity index (χ4v) is 6.18. The molecule has 0 aliphatic carbocycles. The molecule has 0 bridgehead atoms. The van der Waals surface area contributed by atoms with Gasteiger partial charge in [-0.3, -0.25) is 4.90 Å².